The Labute approximate surface area is 214 Å². The van der Waals surface area contributed by atoms with E-state index in [1.54, 1.807) is 19.2 Å². The first kappa shape index (κ1) is 22.2. The lowest BCUT2D eigenvalue weighted by Gasteiger charge is -2.39. The van der Waals surface area contributed by atoms with Crippen molar-refractivity contribution < 1.29 is 13.9 Å². The summed E-state index contributed by atoms with van der Waals surface area (Å²) in [4.78, 5) is 4.69. The number of methoxy groups -OCH3 is 1. The lowest BCUT2D eigenvalue weighted by Crippen LogP contribution is -2.32. The minimum atomic E-state index is -0.495. The van der Waals surface area contributed by atoms with Crippen LogP contribution in [0.5, 0.6) is 11.5 Å². The molecule has 4 aromatic rings. The Bertz CT molecular complexity index is 1470. The molecule has 0 aliphatic carbocycles. The van der Waals surface area contributed by atoms with Crippen molar-refractivity contribution in [3.05, 3.63) is 99.3 Å². The van der Waals surface area contributed by atoms with Crippen LogP contribution < -0.4 is 14.8 Å². The molecule has 0 bridgehead atoms. The second-order valence-corrected chi connectivity index (χ2v) is 9.85. The number of benzene rings is 3. The number of aromatic nitrogens is 3. The quantitative estimate of drug-likeness (QED) is 0.294. The maximum absolute atomic E-state index is 13.9. The topological polar surface area (TPSA) is 61.2 Å². The van der Waals surface area contributed by atoms with Gasteiger partial charge in [0, 0.05) is 21.2 Å². The summed E-state index contributed by atoms with van der Waals surface area (Å²) in [7, 11) is 1.65. The van der Waals surface area contributed by atoms with Crippen molar-refractivity contribution in [3.8, 4) is 11.5 Å². The molecule has 35 heavy (non-hydrogen) atoms. The van der Waals surface area contributed by atoms with Crippen LogP contribution in [0.25, 0.3) is 5.70 Å². The minimum absolute atomic E-state index is 0.295. The number of rotatable bonds is 4. The zero-order valence-electron chi connectivity index (χ0n) is 18.8. The second-order valence-electron chi connectivity index (χ2n) is 8.16. The highest BCUT2D eigenvalue weighted by molar-refractivity contribution is 9.10. The standard InChI is InChI=1S/C26H20BrFN4O2S/c1-33-19-12-9-15(27)13-18(19)24-21-22(17-5-3-4-6-20(17)34-24)29-25-30-26(35-2)31-32(25)23(21)14-7-10-16(28)11-8-14/h3-13,23-24H,1-2H3,(H,29,30,31)/t23-,24+/m0/s1. The molecule has 3 aromatic carbocycles. The predicted octanol–water partition coefficient (Wildman–Crippen LogP) is 6.47. The Morgan fingerprint density at radius 2 is 1.91 bits per heavy atom. The average molecular weight is 551 g/mol. The van der Waals surface area contributed by atoms with Gasteiger partial charge in [0.1, 0.15) is 23.4 Å². The summed E-state index contributed by atoms with van der Waals surface area (Å²) in [6.45, 7) is 0. The molecule has 2 aliphatic rings. The molecule has 6 nitrogen and oxygen atoms in total. The lowest BCUT2D eigenvalue weighted by atomic mass is 9.84. The van der Waals surface area contributed by atoms with Crippen LogP contribution >= 0.6 is 27.7 Å². The number of fused-ring (bicyclic) bond motifs is 3. The van der Waals surface area contributed by atoms with Crippen LogP contribution in [0.4, 0.5) is 10.3 Å². The van der Waals surface area contributed by atoms with Gasteiger partial charge in [-0.15, -0.1) is 5.10 Å². The monoisotopic (exact) mass is 550 g/mol. The van der Waals surface area contributed by atoms with Crippen LogP contribution in [0.15, 0.2) is 81.9 Å². The van der Waals surface area contributed by atoms with Gasteiger partial charge in [0.25, 0.3) is 0 Å². The molecule has 2 atom stereocenters. The highest BCUT2D eigenvalue weighted by Crippen LogP contribution is 2.52. The Kier molecular flexibility index (Phi) is 5.53. The molecule has 1 N–H and O–H groups in total. The van der Waals surface area contributed by atoms with Crippen molar-refractivity contribution in [2.24, 2.45) is 0 Å². The van der Waals surface area contributed by atoms with Gasteiger partial charge in [-0.25, -0.2) is 9.07 Å². The molecule has 6 rings (SSSR count). The van der Waals surface area contributed by atoms with Crippen LogP contribution in [0.3, 0.4) is 0 Å². The Hall–Kier alpha value is -3.30. The van der Waals surface area contributed by atoms with Crippen LogP contribution in [-0.4, -0.2) is 28.1 Å². The van der Waals surface area contributed by atoms with Gasteiger partial charge >= 0.3 is 0 Å². The summed E-state index contributed by atoms with van der Waals surface area (Å²) in [5, 5.41) is 8.93. The molecule has 0 amide bonds. The van der Waals surface area contributed by atoms with Crippen LogP contribution in [0.2, 0.25) is 0 Å². The number of ether oxygens (including phenoxy) is 2. The van der Waals surface area contributed by atoms with E-state index < -0.39 is 6.10 Å². The van der Waals surface area contributed by atoms with Crippen molar-refractivity contribution in [1.29, 1.82) is 0 Å². The summed E-state index contributed by atoms with van der Waals surface area (Å²) in [5.41, 5.74) is 4.52. The summed E-state index contributed by atoms with van der Waals surface area (Å²) >= 11 is 5.07. The molecule has 1 aromatic heterocycles. The number of thioether (sulfide) groups is 1. The van der Waals surface area contributed by atoms with Crippen LogP contribution in [0, 0.1) is 5.82 Å². The predicted molar refractivity (Wildman–Crippen MR) is 137 cm³/mol. The first-order valence-electron chi connectivity index (χ1n) is 10.9. The van der Waals surface area contributed by atoms with Gasteiger partial charge in [-0.3, -0.25) is 0 Å². The number of hydrogen-bond acceptors (Lipinski definition) is 6. The van der Waals surface area contributed by atoms with Gasteiger partial charge in [-0.2, -0.15) is 4.98 Å². The maximum Gasteiger partial charge on any atom is 0.227 e. The number of halogens is 2. The van der Waals surface area contributed by atoms with Crippen molar-refractivity contribution in [2.75, 3.05) is 18.7 Å². The van der Waals surface area contributed by atoms with E-state index in [1.807, 2.05) is 53.4 Å². The van der Waals surface area contributed by atoms with Gasteiger partial charge in [-0.1, -0.05) is 52.0 Å². The third kappa shape index (κ3) is 3.70. The highest BCUT2D eigenvalue weighted by atomic mass is 79.9. The summed E-state index contributed by atoms with van der Waals surface area (Å²) in [6.07, 6.45) is 1.44. The van der Waals surface area contributed by atoms with Crippen LogP contribution in [-0.2, 0) is 0 Å². The molecule has 0 unspecified atom stereocenters. The third-order valence-corrected chi connectivity index (χ3v) is 7.23. The van der Waals surface area contributed by atoms with E-state index >= 15 is 0 Å². The first-order valence-corrected chi connectivity index (χ1v) is 13.0. The molecule has 0 fully saturated rings. The molecule has 0 radical (unpaired) electrons. The normalized spacial score (nSPS) is 18.2. The van der Waals surface area contributed by atoms with E-state index in [0.717, 1.165) is 38.2 Å². The molecule has 2 aliphatic heterocycles. The van der Waals surface area contributed by atoms with E-state index in [-0.39, 0.29) is 11.9 Å². The molecule has 0 saturated heterocycles. The lowest BCUT2D eigenvalue weighted by molar-refractivity contribution is 0.217. The van der Waals surface area contributed by atoms with Crippen molar-refractivity contribution in [1.82, 2.24) is 14.8 Å². The summed E-state index contributed by atoms with van der Waals surface area (Å²) in [5.74, 6) is 1.79. The van der Waals surface area contributed by atoms with E-state index in [4.69, 9.17) is 19.6 Å². The Morgan fingerprint density at radius 1 is 1.11 bits per heavy atom. The number of nitrogens with zero attached hydrogens (tertiary/aromatic N) is 3. The highest BCUT2D eigenvalue weighted by Gasteiger charge is 2.42. The van der Waals surface area contributed by atoms with E-state index in [9.17, 15) is 4.39 Å². The molecular weight excluding hydrogens is 531 g/mol. The third-order valence-electron chi connectivity index (χ3n) is 6.20. The zero-order valence-corrected chi connectivity index (χ0v) is 21.2. The largest absolute Gasteiger partial charge is 0.496 e. The molecule has 9 heteroatoms. The summed E-state index contributed by atoms with van der Waals surface area (Å²) < 4.78 is 29.1. The first-order chi connectivity index (χ1) is 17.1. The van der Waals surface area contributed by atoms with Crippen molar-refractivity contribution in [3.63, 3.8) is 0 Å². The minimum Gasteiger partial charge on any atom is -0.496 e. The number of nitrogens with one attached hydrogen (secondary N) is 1. The number of para-hydroxylation sites is 1. The number of anilines is 1. The van der Waals surface area contributed by atoms with Gasteiger partial charge in [0.2, 0.25) is 11.1 Å². The summed E-state index contributed by atoms with van der Waals surface area (Å²) in [6, 6.07) is 19.9. The number of hydrogen-bond donors (Lipinski definition) is 1. The van der Waals surface area contributed by atoms with Crippen LogP contribution in [0.1, 0.15) is 28.8 Å². The molecular formula is C26H20BrFN4O2S. The van der Waals surface area contributed by atoms with Gasteiger partial charge in [0.05, 0.1) is 12.8 Å². The van der Waals surface area contributed by atoms with Gasteiger partial charge < -0.3 is 14.8 Å². The Morgan fingerprint density at radius 3 is 2.69 bits per heavy atom. The maximum atomic E-state index is 13.9. The van der Waals surface area contributed by atoms with Crippen molar-refractivity contribution in [2.45, 2.75) is 17.3 Å². The fourth-order valence-electron chi connectivity index (χ4n) is 4.68. The average Bonchev–Trinajstić information content (AvgIpc) is 3.30. The van der Waals surface area contributed by atoms with E-state index in [1.165, 1.54) is 23.9 Å². The zero-order chi connectivity index (χ0) is 24.1. The smallest absolute Gasteiger partial charge is 0.227 e. The van der Waals surface area contributed by atoms with Gasteiger partial charge in [0.15, 0.2) is 6.10 Å². The van der Waals surface area contributed by atoms with Crippen molar-refractivity contribution >= 4 is 39.3 Å². The van der Waals surface area contributed by atoms with E-state index in [2.05, 4.69) is 21.2 Å². The molecule has 0 saturated carbocycles. The van der Waals surface area contributed by atoms with Gasteiger partial charge in [-0.05, 0) is 54.3 Å². The molecule has 3 heterocycles. The molecule has 176 valence electrons. The SMILES string of the molecule is COc1ccc(Br)cc1[C@H]1Oc2ccccc2C2=C1[C@H](c1ccc(F)cc1)n1nc(SC)nc1N2. The second kappa shape index (κ2) is 8.73. The fraction of sp³-hybridized carbons (Fsp3) is 0.154. The Balaban J connectivity index is 1.65. The molecule has 0 spiro atoms. The fourth-order valence-corrected chi connectivity index (χ4v) is 5.40. The van der Waals surface area contributed by atoms with E-state index in [0.29, 0.717) is 16.9 Å².